The average Bonchev–Trinajstić information content (AvgIpc) is 2.83. The normalized spacial score (nSPS) is 26.2. The summed E-state index contributed by atoms with van der Waals surface area (Å²) in [5.74, 6) is -0.842. The van der Waals surface area contributed by atoms with Crippen molar-refractivity contribution in [3.05, 3.63) is 0 Å². The number of urea groups is 1. The number of aliphatic carboxylic acids is 1. The summed E-state index contributed by atoms with van der Waals surface area (Å²) in [6.07, 6.45) is 2.95. The van der Waals surface area contributed by atoms with Crippen molar-refractivity contribution >= 4 is 12.0 Å². The number of carbonyl (C=O) groups excluding carboxylic acids is 1. The van der Waals surface area contributed by atoms with Crippen molar-refractivity contribution in [2.24, 2.45) is 5.41 Å². The number of rotatable bonds is 3. The van der Waals surface area contributed by atoms with E-state index < -0.39 is 11.4 Å². The van der Waals surface area contributed by atoms with Crippen LogP contribution in [-0.2, 0) is 9.53 Å². The van der Waals surface area contributed by atoms with Crippen LogP contribution in [0.15, 0.2) is 0 Å². The van der Waals surface area contributed by atoms with E-state index in [-0.39, 0.29) is 18.6 Å². The van der Waals surface area contributed by atoms with Crippen LogP contribution in [-0.4, -0.2) is 54.4 Å². The minimum absolute atomic E-state index is 0.142. The van der Waals surface area contributed by atoms with Crippen LogP contribution in [0.25, 0.3) is 0 Å². The average molecular weight is 270 g/mol. The molecular formula is C13H22N2O4. The van der Waals surface area contributed by atoms with Gasteiger partial charge in [-0.1, -0.05) is 0 Å². The zero-order chi connectivity index (χ0) is 13.9. The molecule has 0 aromatic heterocycles. The Kier molecular flexibility index (Phi) is 4.29. The van der Waals surface area contributed by atoms with Crippen molar-refractivity contribution in [1.82, 2.24) is 10.2 Å². The predicted molar refractivity (Wildman–Crippen MR) is 68.9 cm³/mol. The first-order chi connectivity index (χ1) is 9.05. The number of amides is 2. The van der Waals surface area contributed by atoms with E-state index in [1.54, 1.807) is 4.90 Å². The topological polar surface area (TPSA) is 78.9 Å². The molecule has 2 rings (SSSR count). The van der Waals surface area contributed by atoms with Crippen LogP contribution in [0.1, 0.15) is 32.6 Å². The lowest BCUT2D eigenvalue weighted by atomic mass is 9.80. The standard InChI is InChI=1S/C13H22N2O4/c1-10-3-2-6-15(10)12(18)14-9-13(11(16)17)4-7-19-8-5-13/h10H,2-9H2,1H3,(H,14,18)(H,16,17). The Morgan fingerprint density at radius 1 is 1.42 bits per heavy atom. The molecule has 0 spiro atoms. The highest BCUT2D eigenvalue weighted by Gasteiger charge is 2.41. The number of hydrogen-bond acceptors (Lipinski definition) is 3. The van der Waals surface area contributed by atoms with Crippen molar-refractivity contribution in [3.8, 4) is 0 Å². The summed E-state index contributed by atoms with van der Waals surface area (Å²) < 4.78 is 5.21. The highest BCUT2D eigenvalue weighted by molar-refractivity contribution is 5.78. The van der Waals surface area contributed by atoms with Gasteiger partial charge in [0.05, 0.1) is 5.41 Å². The van der Waals surface area contributed by atoms with Gasteiger partial charge in [-0.05, 0) is 32.6 Å². The van der Waals surface area contributed by atoms with Gasteiger partial charge < -0.3 is 20.1 Å². The number of nitrogens with one attached hydrogen (secondary N) is 1. The number of hydrogen-bond donors (Lipinski definition) is 2. The molecule has 2 aliphatic heterocycles. The maximum Gasteiger partial charge on any atom is 0.317 e. The van der Waals surface area contributed by atoms with Crippen LogP contribution < -0.4 is 5.32 Å². The zero-order valence-electron chi connectivity index (χ0n) is 11.4. The summed E-state index contributed by atoms with van der Waals surface area (Å²) in [4.78, 5) is 25.3. The second kappa shape index (κ2) is 5.77. The van der Waals surface area contributed by atoms with E-state index in [2.05, 4.69) is 5.32 Å². The van der Waals surface area contributed by atoms with Crippen LogP contribution in [0.5, 0.6) is 0 Å². The Balaban J connectivity index is 1.91. The van der Waals surface area contributed by atoms with Crippen LogP contribution in [0.2, 0.25) is 0 Å². The Morgan fingerprint density at radius 3 is 2.63 bits per heavy atom. The van der Waals surface area contributed by atoms with Crippen molar-refractivity contribution in [2.75, 3.05) is 26.3 Å². The summed E-state index contributed by atoms with van der Waals surface area (Å²) in [5, 5.41) is 12.2. The fourth-order valence-corrected chi connectivity index (χ4v) is 2.81. The molecule has 0 aromatic rings. The van der Waals surface area contributed by atoms with Gasteiger partial charge >= 0.3 is 12.0 Å². The Morgan fingerprint density at radius 2 is 2.11 bits per heavy atom. The van der Waals surface area contributed by atoms with Crippen molar-refractivity contribution in [2.45, 2.75) is 38.6 Å². The summed E-state index contributed by atoms with van der Waals surface area (Å²) in [5.41, 5.74) is -0.864. The van der Waals surface area contributed by atoms with Crippen molar-refractivity contribution in [1.29, 1.82) is 0 Å². The molecule has 2 amide bonds. The van der Waals surface area contributed by atoms with E-state index in [9.17, 15) is 14.7 Å². The molecule has 6 heteroatoms. The lowest BCUT2D eigenvalue weighted by Crippen LogP contribution is -2.50. The first-order valence-corrected chi connectivity index (χ1v) is 6.91. The molecule has 0 saturated carbocycles. The molecule has 6 nitrogen and oxygen atoms in total. The number of likely N-dealkylation sites (tertiary alicyclic amines) is 1. The quantitative estimate of drug-likeness (QED) is 0.803. The molecule has 108 valence electrons. The molecule has 0 bridgehead atoms. The first kappa shape index (κ1) is 14.1. The van der Waals surface area contributed by atoms with Gasteiger partial charge in [-0.3, -0.25) is 4.79 Å². The molecule has 1 atom stereocenters. The van der Waals surface area contributed by atoms with Gasteiger partial charge in [-0.15, -0.1) is 0 Å². The van der Waals surface area contributed by atoms with Crippen LogP contribution in [0.3, 0.4) is 0 Å². The largest absolute Gasteiger partial charge is 0.481 e. The molecule has 1 unspecified atom stereocenters. The van der Waals surface area contributed by atoms with Crippen LogP contribution in [0.4, 0.5) is 4.79 Å². The van der Waals surface area contributed by atoms with Gasteiger partial charge in [0, 0.05) is 32.3 Å². The molecule has 2 fully saturated rings. The SMILES string of the molecule is CC1CCCN1C(=O)NCC1(C(=O)O)CCOCC1. The van der Waals surface area contributed by atoms with E-state index in [4.69, 9.17) is 4.74 Å². The third kappa shape index (κ3) is 3.00. The third-order valence-electron chi connectivity index (χ3n) is 4.30. The van der Waals surface area contributed by atoms with Gasteiger partial charge in [-0.2, -0.15) is 0 Å². The molecular weight excluding hydrogens is 248 g/mol. The van der Waals surface area contributed by atoms with E-state index >= 15 is 0 Å². The fourth-order valence-electron chi connectivity index (χ4n) is 2.81. The first-order valence-electron chi connectivity index (χ1n) is 6.91. The van der Waals surface area contributed by atoms with Crippen molar-refractivity contribution < 1.29 is 19.4 Å². The Bertz CT molecular complexity index is 353. The number of carbonyl (C=O) groups is 2. The molecule has 2 aliphatic rings. The minimum Gasteiger partial charge on any atom is -0.481 e. The molecule has 0 aliphatic carbocycles. The molecule has 0 aromatic carbocycles. The lowest BCUT2D eigenvalue weighted by molar-refractivity contribution is -0.154. The smallest absolute Gasteiger partial charge is 0.317 e. The number of nitrogens with zero attached hydrogens (tertiary/aromatic N) is 1. The maximum absolute atomic E-state index is 12.1. The zero-order valence-corrected chi connectivity index (χ0v) is 11.4. The van der Waals surface area contributed by atoms with E-state index in [1.807, 2.05) is 6.92 Å². The van der Waals surface area contributed by atoms with E-state index in [0.717, 1.165) is 19.4 Å². The molecule has 2 N–H and O–H groups in total. The molecule has 0 radical (unpaired) electrons. The van der Waals surface area contributed by atoms with Gasteiger partial charge in [0.2, 0.25) is 0 Å². The maximum atomic E-state index is 12.1. The Hall–Kier alpha value is -1.30. The number of ether oxygens (including phenoxy) is 1. The van der Waals surface area contributed by atoms with Gasteiger partial charge in [0.15, 0.2) is 0 Å². The highest BCUT2D eigenvalue weighted by Crippen LogP contribution is 2.30. The minimum atomic E-state index is -0.864. The summed E-state index contributed by atoms with van der Waals surface area (Å²) >= 11 is 0. The molecule has 2 saturated heterocycles. The monoisotopic (exact) mass is 270 g/mol. The lowest BCUT2D eigenvalue weighted by Gasteiger charge is -2.34. The summed E-state index contributed by atoms with van der Waals surface area (Å²) in [6.45, 7) is 3.86. The van der Waals surface area contributed by atoms with Gasteiger partial charge in [0.25, 0.3) is 0 Å². The summed E-state index contributed by atoms with van der Waals surface area (Å²) in [7, 11) is 0. The summed E-state index contributed by atoms with van der Waals surface area (Å²) in [6, 6.07) is 0.104. The second-order valence-corrected chi connectivity index (χ2v) is 5.54. The van der Waals surface area contributed by atoms with E-state index in [1.165, 1.54) is 0 Å². The van der Waals surface area contributed by atoms with Crippen LogP contribution >= 0.6 is 0 Å². The molecule has 19 heavy (non-hydrogen) atoms. The van der Waals surface area contributed by atoms with Crippen LogP contribution in [0, 0.1) is 5.41 Å². The number of carboxylic acid groups (broad SMARTS) is 1. The highest BCUT2D eigenvalue weighted by atomic mass is 16.5. The van der Waals surface area contributed by atoms with Crippen molar-refractivity contribution in [3.63, 3.8) is 0 Å². The number of carboxylic acids is 1. The second-order valence-electron chi connectivity index (χ2n) is 5.54. The van der Waals surface area contributed by atoms with Gasteiger partial charge in [0.1, 0.15) is 0 Å². The third-order valence-corrected chi connectivity index (χ3v) is 4.30. The Labute approximate surface area is 113 Å². The predicted octanol–water partition coefficient (Wildman–Crippen LogP) is 1.06. The van der Waals surface area contributed by atoms with Gasteiger partial charge in [-0.25, -0.2) is 4.79 Å². The fraction of sp³-hybridized carbons (Fsp3) is 0.846. The van der Waals surface area contributed by atoms with E-state index in [0.29, 0.717) is 26.1 Å². The molecule has 2 heterocycles.